The number of unbranched alkanes of at least 4 members (excludes halogenated alkanes) is 6. The number of rotatable bonds is 12. The predicted octanol–water partition coefficient (Wildman–Crippen LogP) is 2.11. The Hall–Kier alpha value is 0.130. The van der Waals surface area contributed by atoms with Crippen LogP contribution in [0.4, 0.5) is 0 Å². The molecule has 5 heteroatoms. The van der Waals surface area contributed by atoms with E-state index in [0.29, 0.717) is 5.75 Å². The molecule has 0 aromatic heterocycles. The van der Waals surface area contributed by atoms with Crippen LogP contribution in [0.2, 0.25) is 0 Å². The molecule has 0 N–H and O–H groups in total. The molecule has 0 aliphatic heterocycles. The Labute approximate surface area is 166 Å². The Balaban J connectivity index is 0.00000484. The molecule has 1 rings (SSSR count). The van der Waals surface area contributed by atoms with E-state index in [-0.39, 0.29) is 29.6 Å². The largest absolute Gasteiger partial charge is 1.00 e. The van der Waals surface area contributed by atoms with E-state index in [1.165, 1.54) is 44.1 Å². The van der Waals surface area contributed by atoms with Crippen molar-refractivity contribution in [2.45, 2.75) is 78.1 Å². The Morgan fingerprint density at radius 3 is 2.13 bits per heavy atom. The standard InChI is InChI=1S/C18H30O3S.Na/c1-3-5-7-9-12-16-13-11-15-18(21-22(19)20)17(16)14-10-8-6-4-2;/h11,13,15H,3-10,12,14H2,1-2H3,(H,19,20);/q;+1/p-1. The smallest absolute Gasteiger partial charge is 0.740 e. The summed E-state index contributed by atoms with van der Waals surface area (Å²) in [4.78, 5) is 0. The average molecular weight is 348 g/mol. The second-order valence-corrected chi connectivity index (χ2v) is 6.38. The molecule has 0 heterocycles. The molecule has 1 aromatic carbocycles. The molecule has 0 amide bonds. The fraction of sp³-hybridized carbons (Fsp3) is 0.667. The van der Waals surface area contributed by atoms with Crippen molar-refractivity contribution in [3.63, 3.8) is 0 Å². The van der Waals surface area contributed by atoms with Gasteiger partial charge in [-0.3, -0.25) is 0 Å². The van der Waals surface area contributed by atoms with Crippen molar-refractivity contribution < 1.29 is 42.5 Å². The fourth-order valence-electron chi connectivity index (χ4n) is 2.75. The van der Waals surface area contributed by atoms with Gasteiger partial charge in [0.05, 0.1) is 0 Å². The molecule has 0 saturated carbocycles. The summed E-state index contributed by atoms with van der Waals surface area (Å²) in [5.41, 5.74) is 2.33. The number of aryl methyl sites for hydroxylation is 1. The first-order valence-electron chi connectivity index (χ1n) is 8.57. The number of benzene rings is 1. The zero-order chi connectivity index (χ0) is 16.2. The molecule has 0 bridgehead atoms. The van der Waals surface area contributed by atoms with Gasteiger partial charge in [0.2, 0.25) is 0 Å². The second kappa shape index (κ2) is 14.5. The number of hydrogen-bond donors (Lipinski definition) is 0. The van der Waals surface area contributed by atoms with Gasteiger partial charge in [0.25, 0.3) is 0 Å². The van der Waals surface area contributed by atoms with Crippen molar-refractivity contribution in [1.82, 2.24) is 0 Å². The quantitative estimate of drug-likeness (QED) is 0.330. The summed E-state index contributed by atoms with van der Waals surface area (Å²) in [7, 11) is 0. The first-order chi connectivity index (χ1) is 10.7. The molecule has 126 valence electrons. The molecule has 1 unspecified atom stereocenters. The summed E-state index contributed by atoms with van der Waals surface area (Å²) in [6.45, 7) is 4.40. The van der Waals surface area contributed by atoms with Crippen LogP contribution in [0.5, 0.6) is 5.75 Å². The van der Waals surface area contributed by atoms with Crippen LogP contribution < -0.4 is 33.7 Å². The van der Waals surface area contributed by atoms with Crippen LogP contribution in [-0.2, 0) is 24.2 Å². The molecule has 3 nitrogen and oxygen atoms in total. The molecule has 0 spiro atoms. The van der Waals surface area contributed by atoms with Gasteiger partial charge in [0.1, 0.15) is 17.1 Å². The maximum atomic E-state index is 10.9. The third-order valence-electron chi connectivity index (χ3n) is 3.97. The Bertz CT molecular complexity index is 452. The van der Waals surface area contributed by atoms with Gasteiger partial charge in [-0.25, -0.2) is 4.21 Å². The van der Waals surface area contributed by atoms with E-state index in [2.05, 4.69) is 19.9 Å². The topological polar surface area (TPSA) is 49.4 Å². The van der Waals surface area contributed by atoms with Gasteiger partial charge in [0.15, 0.2) is 0 Å². The van der Waals surface area contributed by atoms with Gasteiger partial charge in [-0.1, -0.05) is 64.5 Å². The SMILES string of the molecule is CCCCCCc1cccc(OS(=O)[O-])c1CCCCCC.[Na+]. The third-order valence-corrected chi connectivity index (χ3v) is 4.28. The van der Waals surface area contributed by atoms with Gasteiger partial charge in [-0.05, 0) is 42.9 Å². The Morgan fingerprint density at radius 1 is 0.957 bits per heavy atom. The average Bonchev–Trinajstić information content (AvgIpc) is 2.49. The van der Waals surface area contributed by atoms with Crippen LogP contribution >= 0.6 is 0 Å². The van der Waals surface area contributed by atoms with Gasteiger partial charge in [-0.15, -0.1) is 0 Å². The Morgan fingerprint density at radius 2 is 1.57 bits per heavy atom. The molecule has 0 fully saturated rings. The van der Waals surface area contributed by atoms with Crippen molar-refractivity contribution >= 4 is 11.4 Å². The maximum Gasteiger partial charge on any atom is 1.00 e. The summed E-state index contributed by atoms with van der Waals surface area (Å²) in [6.07, 6.45) is 11.5. The van der Waals surface area contributed by atoms with E-state index in [4.69, 9.17) is 4.18 Å². The zero-order valence-electron chi connectivity index (χ0n) is 14.9. The van der Waals surface area contributed by atoms with E-state index < -0.39 is 11.4 Å². The van der Waals surface area contributed by atoms with Crippen molar-refractivity contribution in [2.24, 2.45) is 0 Å². The van der Waals surface area contributed by atoms with E-state index >= 15 is 0 Å². The molecule has 23 heavy (non-hydrogen) atoms. The van der Waals surface area contributed by atoms with Crippen LogP contribution in [0.3, 0.4) is 0 Å². The summed E-state index contributed by atoms with van der Waals surface area (Å²) >= 11 is -2.50. The molecular weight excluding hydrogens is 319 g/mol. The molecule has 1 aromatic rings. The minimum atomic E-state index is -2.50. The Kier molecular flexibility index (Phi) is 14.6. The molecule has 0 saturated heterocycles. The first-order valence-corrected chi connectivity index (χ1v) is 9.57. The van der Waals surface area contributed by atoms with Crippen LogP contribution in [0.25, 0.3) is 0 Å². The molecule has 0 aliphatic rings. The predicted molar refractivity (Wildman–Crippen MR) is 91.7 cm³/mol. The summed E-state index contributed by atoms with van der Waals surface area (Å²) in [5.74, 6) is 0.512. The van der Waals surface area contributed by atoms with Gasteiger partial charge < -0.3 is 8.74 Å². The minimum Gasteiger partial charge on any atom is -0.740 e. The van der Waals surface area contributed by atoms with Crippen molar-refractivity contribution in [3.05, 3.63) is 29.3 Å². The van der Waals surface area contributed by atoms with E-state index in [1.54, 1.807) is 6.07 Å². The molecule has 0 radical (unpaired) electrons. The summed E-state index contributed by atoms with van der Waals surface area (Å²) < 4.78 is 26.8. The fourth-order valence-corrected chi connectivity index (χ4v) is 3.05. The summed E-state index contributed by atoms with van der Waals surface area (Å²) in [5, 5.41) is 0. The molecular formula is C18H29NaO3S. The number of hydrogen-bond acceptors (Lipinski definition) is 3. The van der Waals surface area contributed by atoms with Crippen LogP contribution in [0.1, 0.15) is 76.3 Å². The van der Waals surface area contributed by atoms with Crippen LogP contribution in [-0.4, -0.2) is 8.76 Å². The van der Waals surface area contributed by atoms with Crippen molar-refractivity contribution in [1.29, 1.82) is 0 Å². The van der Waals surface area contributed by atoms with Crippen molar-refractivity contribution in [2.75, 3.05) is 0 Å². The molecule has 1 atom stereocenters. The minimum absolute atomic E-state index is 0. The third kappa shape index (κ3) is 9.88. The first kappa shape index (κ1) is 23.1. The van der Waals surface area contributed by atoms with E-state index in [9.17, 15) is 8.76 Å². The normalized spacial score (nSPS) is 11.8. The van der Waals surface area contributed by atoms with Gasteiger partial charge >= 0.3 is 29.6 Å². The zero-order valence-corrected chi connectivity index (χ0v) is 17.8. The van der Waals surface area contributed by atoms with Crippen LogP contribution in [0, 0.1) is 0 Å². The van der Waals surface area contributed by atoms with E-state index in [1.807, 2.05) is 6.07 Å². The second-order valence-electron chi connectivity index (χ2n) is 5.80. The van der Waals surface area contributed by atoms with Gasteiger partial charge in [0, 0.05) is 0 Å². The summed E-state index contributed by atoms with van der Waals surface area (Å²) in [6, 6.07) is 5.77. The maximum absolute atomic E-state index is 10.9. The van der Waals surface area contributed by atoms with Crippen molar-refractivity contribution in [3.8, 4) is 5.75 Å². The monoisotopic (exact) mass is 348 g/mol. The molecule has 0 aliphatic carbocycles. The van der Waals surface area contributed by atoms with E-state index in [0.717, 1.165) is 31.2 Å². The van der Waals surface area contributed by atoms with Gasteiger partial charge in [-0.2, -0.15) is 0 Å². The van der Waals surface area contributed by atoms with Crippen LogP contribution in [0.15, 0.2) is 18.2 Å².